The summed E-state index contributed by atoms with van der Waals surface area (Å²) in [6, 6.07) is 2.05. The molecule has 1 fully saturated rings. The van der Waals surface area contributed by atoms with Crippen molar-refractivity contribution in [2.75, 3.05) is 33.4 Å². The number of likely N-dealkylation sites (tertiary alicyclic amines) is 1. The molecule has 7 heteroatoms. The molecule has 1 heterocycles. The van der Waals surface area contributed by atoms with Gasteiger partial charge in [0.25, 0.3) is 5.91 Å². The molecule has 5 nitrogen and oxygen atoms in total. The molecule has 0 spiro atoms. The van der Waals surface area contributed by atoms with Gasteiger partial charge in [-0.2, -0.15) is 0 Å². The second-order valence-electron chi connectivity index (χ2n) is 5.59. The van der Waals surface area contributed by atoms with E-state index in [1.807, 2.05) is 0 Å². The van der Waals surface area contributed by atoms with E-state index in [0.717, 1.165) is 37.9 Å². The van der Waals surface area contributed by atoms with Gasteiger partial charge in [-0.1, -0.05) is 6.42 Å². The number of carbonyl (C=O) groups excluding carboxylic acids is 1. The standard InChI is InChI=1S/C16H22F2N2O3/c1-23-12-8-13(17)15(14(18)9-12)16(22)19-5-7-20-6-3-2-4-11(20)10-21/h8-9,11,21H,2-7,10H2,1H3,(H,19,22). The first-order valence-electron chi connectivity index (χ1n) is 7.73. The molecule has 1 saturated heterocycles. The first-order chi connectivity index (χ1) is 11.1. The van der Waals surface area contributed by atoms with E-state index in [9.17, 15) is 18.7 Å². The van der Waals surface area contributed by atoms with Crippen LogP contribution in [0.5, 0.6) is 5.75 Å². The van der Waals surface area contributed by atoms with Crippen molar-refractivity contribution in [3.63, 3.8) is 0 Å². The van der Waals surface area contributed by atoms with Crippen LogP contribution in [0.15, 0.2) is 12.1 Å². The molecule has 0 bridgehead atoms. The zero-order chi connectivity index (χ0) is 16.8. The fourth-order valence-corrected chi connectivity index (χ4v) is 2.85. The average molecular weight is 328 g/mol. The molecular formula is C16H22F2N2O3. The number of carbonyl (C=O) groups is 1. The Kier molecular flexibility index (Phi) is 6.29. The van der Waals surface area contributed by atoms with Crippen LogP contribution in [0.3, 0.4) is 0 Å². The number of piperidine rings is 1. The Morgan fingerprint density at radius 3 is 2.70 bits per heavy atom. The van der Waals surface area contributed by atoms with Gasteiger partial charge >= 0.3 is 0 Å². The monoisotopic (exact) mass is 328 g/mol. The van der Waals surface area contributed by atoms with E-state index >= 15 is 0 Å². The molecule has 1 atom stereocenters. The van der Waals surface area contributed by atoms with E-state index in [2.05, 4.69) is 10.2 Å². The van der Waals surface area contributed by atoms with Crippen molar-refractivity contribution >= 4 is 5.91 Å². The molecule has 23 heavy (non-hydrogen) atoms. The number of methoxy groups -OCH3 is 1. The van der Waals surface area contributed by atoms with Gasteiger partial charge in [0.2, 0.25) is 0 Å². The molecule has 1 aromatic rings. The summed E-state index contributed by atoms with van der Waals surface area (Å²) in [5.74, 6) is -2.67. The Bertz CT molecular complexity index is 531. The molecule has 2 rings (SSSR count). The highest BCUT2D eigenvalue weighted by Crippen LogP contribution is 2.20. The predicted octanol–water partition coefficient (Wildman–Crippen LogP) is 1.55. The number of aliphatic hydroxyl groups is 1. The van der Waals surface area contributed by atoms with Crippen LogP contribution >= 0.6 is 0 Å². The van der Waals surface area contributed by atoms with Gasteiger partial charge in [0, 0.05) is 31.3 Å². The lowest BCUT2D eigenvalue weighted by atomic mass is 10.0. The van der Waals surface area contributed by atoms with Crippen molar-refractivity contribution in [2.45, 2.75) is 25.3 Å². The number of hydrogen-bond donors (Lipinski definition) is 2. The zero-order valence-corrected chi connectivity index (χ0v) is 13.1. The third kappa shape index (κ3) is 4.39. The maximum atomic E-state index is 13.8. The second-order valence-corrected chi connectivity index (χ2v) is 5.59. The van der Waals surface area contributed by atoms with Crippen LogP contribution < -0.4 is 10.1 Å². The van der Waals surface area contributed by atoms with Gasteiger partial charge < -0.3 is 15.2 Å². The van der Waals surface area contributed by atoms with E-state index in [4.69, 9.17) is 4.74 Å². The smallest absolute Gasteiger partial charge is 0.257 e. The number of benzene rings is 1. The molecule has 0 radical (unpaired) electrons. The van der Waals surface area contributed by atoms with Crippen molar-refractivity contribution in [1.82, 2.24) is 10.2 Å². The quantitative estimate of drug-likeness (QED) is 0.832. The summed E-state index contributed by atoms with van der Waals surface area (Å²) in [4.78, 5) is 14.1. The van der Waals surface area contributed by atoms with Gasteiger partial charge in [-0.15, -0.1) is 0 Å². The lowest BCUT2D eigenvalue weighted by molar-refractivity contribution is 0.0845. The summed E-state index contributed by atoms with van der Waals surface area (Å²) in [5.41, 5.74) is -0.608. The van der Waals surface area contributed by atoms with Crippen LogP contribution in [-0.4, -0.2) is 55.3 Å². The summed E-state index contributed by atoms with van der Waals surface area (Å²) in [5, 5.41) is 11.9. The molecule has 0 aliphatic carbocycles. The van der Waals surface area contributed by atoms with Crippen molar-refractivity contribution in [3.8, 4) is 5.75 Å². The molecule has 1 aliphatic rings. The number of nitrogens with zero attached hydrogens (tertiary/aromatic N) is 1. The maximum Gasteiger partial charge on any atom is 0.257 e. The highest BCUT2D eigenvalue weighted by atomic mass is 19.1. The fraction of sp³-hybridized carbons (Fsp3) is 0.562. The number of aliphatic hydroxyl groups excluding tert-OH is 1. The third-order valence-electron chi connectivity index (χ3n) is 4.12. The van der Waals surface area contributed by atoms with Crippen LogP contribution in [-0.2, 0) is 0 Å². The number of hydrogen-bond acceptors (Lipinski definition) is 4. The highest BCUT2D eigenvalue weighted by molar-refractivity contribution is 5.94. The molecule has 128 valence electrons. The van der Waals surface area contributed by atoms with Crippen molar-refractivity contribution < 1.29 is 23.4 Å². The average Bonchev–Trinajstić information content (AvgIpc) is 2.54. The molecule has 1 unspecified atom stereocenters. The maximum absolute atomic E-state index is 13.8. The van der Waals surface area contributed by atoms with Crippen LogP contribution in [0, 0.1) is 11.6 Å². The van der Waals surface area contributed by atoms with E-state index in [1.165, 1.54) is 7.11 Å². The van der Waals surface area contributed by atoms with Crippen LogP contribution in [0.25, 0.3) is 0 Å². The number of amides is 1. The van der Waals surface area contributed by atoms with Crippen molar-refractivity contribution in [2.24, 2.45) is 0 Å². The topological polar surface area (TPSA) is 61.8 Å². The van der Waals surface area contributed by atoms with Crippen LogP contribution in [0.4, 0.5) is 8.78 Å². The van der Waals surface area contributed by atoms with Gasteiger partial charge in [-0.25, -0.2) is 8.78 Å². The molecule has 2 N–H and O–H groups in total. The Labute approximate surface area is 134 Å². The van der Waals surface area contributed by atoms with Crippen molar-refractivity contribution in [1.29, 1.82) is 0 Å². The number of nitrogens with one attached hydrogen (secondary N) is 1. The zero-order valence-electron chi connectivity index (χ0n) is 13.1. The van der Waals surface area contributed by atoms with E-state index in [0.29, 0.717) is 6.54 Å². The van der Waals surface area contributed by atoms with Gasteiger partial charge in [-0.05, 0) is 19.4 Å². The number of halogens is 2. The predicted molar refractivity (Wildman–Crippen MR) is 81.5 cm³/mol. The van der Waals surface area contributed by atoms with Gasteiger partial charge in [-0.3, -0.25) is 9.69 Å². The number of ether oxygens (including phenoxy) is 1. The van der Waals surface area contributed by atoms with E-state index in [1.54, 1.807) is 0 Å². The lowest BCUT2D eigenvalue weighted by Gasteiger charge is -2.34. The Morgan fingerprint density at radius 2 is 2.09 bits per heavy atom. The molecule has 0 aromatic heterocycles. The minimum absolute atomic E-state index is 0.0238. The molecule has 0 saturated carbocycles. The normalized spacial score (nSPS) is 18.7. The van der Waals surface area contributed by atoms with E-state index in [-0.39, 0.29) is 24.9 Å². The fourth-order valence-electron chi connectivity index (χ4n) is 2.85. The van der Waals surface area contributed by atoms with Gasteiger partial charge in [0.05, 0.1) is 13.7 Å². The summed E-state index contributed by atoms with van der Waals surface area (Å²) in [6.45, 7) is 1.73. The largest absolute Gasteiger partial charge is 0.497 e. The molecule has 1 aliphatic heterocycles. The third-order valence-corrected chi connectivity index (χ3v) is 4.12. The number of rotatable bonds is 6. The Hall–Kier alpha value is -1.73. The van der Waals surface area contributed by atoms with Crippen LogP contribution in [0.1, 0.15) is 29.6 Å². The minimum atomic E-state index is -0.953. The SMILES string of the molecule is COc1cc(F)c(C(=O)NCCN2CCCCC2CO)c(F)c1. The first kappa shape index (κ1) is 17.6. The van der Waals surface area contributed by atoms with Crippen LogP contribution in [0.2, 0.25) is 0 Å². The minimum Gasteiger partial charge on any atom is -0.497 e. The highest BCUT2D eigenvalue weighted by Gasteiger charge is 2.22. The van der Waals surface area contributed by atoms with Gasteiger partial charge in [0.1, 0.15) is 22.9 Å². The summed E-state index contributed by atoms with van der Waals surface area (Å²) in [6.07, 6.45) is 3.05. The molecular weight excluding hydrogens is 306 g/mol. The second kappa shape index (κ2) is 8.21. The molecule has 1 amide bonds. The Balaban J connectivity index is 1.92. The first-order valence-corrected chi connectivity index (χ1v) is 7.73. The summed E-state index contributed by atoms with van der Waals surface area (Å²) >= 11 is 0. The van der Waals surface area contributed by atoms with Gasteiger partial charge in [0.15, 0.2) is 0 Å². The lowest BCUT2D eigenvalue weighted by Crippen LogP contribution is -2.45. The Morgan fingerprint density at radius 1 is 1.39 bits per heavy atom. The summed E-state index contributed by atoms with van der Waals surface area (Å²) < 4.78 is 32.4. The van der Waals surface area contributed by atoms with Crippen molar-refractivity contribution in [3.05, 3.63) is 29.3 Å². The summed E-state index contributed by atoms with van der Waals surface area (Å²) in [7, 11) is 1.30. The molecule has 1 aromatic carbocycles. The van der Waals surface area contributed by atoms with E-state index < -0.39 is 23.1 Å².